The van der Waals surface area contributed by atoms with E-state index in [0.717, 1.165) is 16.0 Å². The number of primary amides is 1. The summed E-state index contributed by atoms with van der Waals surface area (Å²) in [7, 11) is -1.17. The zero-order chi connectivity index (χ0) is 14.7. The fourth-order valence-corrected chi connectivity index (χ4v) is 3.20. The SMILES string of the molecule is Cc1ccc(N)cc1S(=O)Cc1ccc(C(N)=O)cc1. The van der Waals surface area contributed by atoms with Gasteiger partial charge >= 0.3 is 0 Å². The molecule has 1 atom stereocenters. The van der Waals surface area contributed by atoms with E-state index < -0.39 is 16.7 Å². The Morgan fingerprint density at radius 2 is 1.80 bits per heavy atom. The molecular formula is C15H16N2O2S. The number of nitrogens with two attached hydrogens (primary N) is 2. The van der Waals surface area contributed by atoms with Crippen LogP contribution < -0.4 is 11.5 Å². The molecule has 2 aromatic rings. The molecular weight excluding hydrogens is 272 g/mol. The van der Waals surface area contributed by atoms with Crippen LogP contribution >= 0.6 is 0 Å². The van der Waals surface area contributed by atoms with E-state index in [0.29, 0.717) is 17.0 Å². The van der Waals surface area contributed by atoms with Gasteiger partial charge < -0.3 is 11.5 Å². The van der Waals surface area contributed by atoms with E-state index in [9.17, 15) is 9.00 Å². The Morgan fingerprint density at radius 3 is 2.40 bits per heavy atom. The lowest BCUT2D eigenvalue weighted by molar-refractivity contribution is 0.100. The number of amides is 1. The minimum atomic E-state index is -1.17. The molecule has 104 valence electrons. The molecule has 0 saturated carbocycles. The maximum Gasteiger partial charge on any atom is 0.248 e. The van der Waals surface area contributed by atoms with Crippen LogP contribution in [-0.4, -0.2) is 10.1 Å². The van der Waals surface area contributed by atoms with Crippen molar-refractivity contribution < 1.29 is 9.00 Å². The highest BCUT2D eigenvalue weighted by Crippen LogP contribution is 2.19. The van der Waals surface area contributed by atoms with Crippen LogP contribution in [-0.2, 0) is 16.6 Å². The third kappa shape index (κ3) is 3.24. The van der Waals surface area contributed by atoms with Crippen molar-refractivity contribution in [2.75, 3.05) is 5.73 Å². The summed E-state index contributed by atoms with van der Waals surface area (Å²) in [5.74, 6) is -0.0899. The molecule has 0 spiro atoms. The Balaban J connectivity index is 2.19. The topological polar surface area (TPSA) is 86.2 Å². The Bertz CT molecular complexity index is 666. The number of rotatable bonds is 4. The lowest BCUT2D eigenvalue weighted by Gasteiger charge is -2.07. The molecule has 0 aromatic heterocycles. The molecule has 0 bridgehead atoms. The van der Waals surface area contributed by atoms with Crippen molar-refractivity contribution in [3.63, 3.8) is 0 Å². The van der Waals surface area contributed by atoms with E-state index in [2.05, 4.69) is 0 Å². The van der Waals surface area contributed by atoms with Crippen molar-refractivity contribution in [2.24, 2.45) is 5.73 Å². The fraction of sp³-hybridized carbons (Fsp3) is 0.133. The number of anilines is 1. The van der Waals surface area contributed by atoms with Crippen LogP contribution in [0.1, 0.15) is 21.5 Å². The van der Waals surface area contributed by atoms with Crippen LogP contribution in [0.5, 0.6) is 0 Å². The molecule has 4 N–H and O–H groups in total. The van der Waals surface area contributed by atoms with Gasteiger partial charge in [-0.3, -0.25) is 9.00 Å². The largest absolute Gasteiger partial charge is 0.399 e. The first-order valence-corrected chi connectivity index (χ1v) is 7.42. The standard InChI is InChI=1S/C15H16N2O2S/c1-10-2-7-13(16)8-14(10)20(19)9-11-3-5-12(6-4-11)15(17)18/h2-8H,9,16H2,1H3,(H2,17,18). The van der Waals surface area contributed by atoms with Crippen LogP contribution in [0, 0.1) is 6.92 Å². The van der Waals surface area contributed by atoms with E-state index in [4.69, 9.17) is 11.5 Å². The van der Waals surface area contributed by atoms with Gasteiger partial charge in [0.1, 0.15) is 0 Å². The highest BCUT2D eigenvalue weighted by molar-refractivity contribution is 7.84. The average molecular weight is 288 g/mol. The van der Waals surface area contributed by atoms with Gasteiger partial charge in [-0.05, 0) is 42.3 Å². The van der Waals surface area contributed by atoms with E-state index in [1.54, 1.807) is 36.4 Å². The summed E-state index contributed by atoms with van der Waals surface area (Å²) in [6.45, 7) is 1.91. The van der Waals surface area contributed by atoms with E-state index in [1.165, 1.54) is 0 Å². The molecule has 0 heterocycles. The highest BCUT2D eigenvalue weighted by Gasteiger charge is 2.09. The molecule has 20 heavy (non-hydrogen) atoms. The number of nitrogen functional groups attached to an aromatic ring is 1. The van der Waals surface area contributed by atoms with Gasteiger partial charge in [0.05, 0.1) is 16.6 Å². The minimum absolute atomic E-state index is 0.378. The van der Waals surface area contributed by atoms with Gasteiger partial charge in [0, 0.05) is 16.1 Å². The molecule has 2 rings (SSSR count). The monoisotopic (exact) mass is 288 g/mol. The summed E-state index contributed by atoms with van der Waals surface area (Å²) in [5, 5.41) is 0. The Morgan fingerprint density at radius 1 is 1.15 bits per heavy atom. The number of aryl methyl sites for hydroxylation is 1. The van der Waals surface area contributed by atoms with Gasteiger partial charge in [-0.25, -0.2) is 0 Å². The van der Waals surface area contributed by atoms with Crippen molar-refractivity contribution in [1.29, 1.82) is 0 Å². The number of benzene rings is 2. The fourth-order valence-electron chi connectivity index (χ4n) is 1.86. The third-order valence-electron chi connectivity index (χ3n) is 2.99. The van der Waals surface area contributed by atoms with Crippen LogP contribution in [0.3, 0.4) is 0 Å². The summed E-state index contributed by atoms with van der Waals surface area (Å²) in [4.78, 5) is 11.7. The van der Waals surface area contributed by atoms with Gasteiger partial charge in [0.2, 0.25) is 5.91 Å². The van der Waals surface area contributed by atoms with Crippen LogP contribution in [0.15, 0.2) is 47.4 Å². The van der Waals surface area contributed by atoms with Crippen molar-refractivity contribution >= 4 is 22.4 Å². The van der Waals surface area contributed by atoms with Crippen LogP contribution in [0.25, 0.3) is 0 Å². The lowest BCUT2D eigenvalue weighted by Crippen LogP contribution is -2.10. The molecule has 0 saturated heterocycles. The smallest absolute Gasteiger partial charge is 0.248 e. The van der Waals surface area contributed by atoms with Crippen LogP contribution in [0.2, 0.25) is 0 Å². The maximum absolute atomic E-state index is 12.4. The van der Waals surface area contributed by atoms with Crippen molar-refractivity contribution in [3.05, 3.63) is 59.2 Å². The predicted octanol–water partition coefficient (Wildman–Crippen LogP) is 1.98. The molecule has 0 aliphatic rings. The molecule has 0 fully saturated rings. The zero-order valence-corrected chi connectivity index (χ0v) is 11.9. The van der Waals surface area contributed by atoms with Gasteiger partial charge in [-0.1, -0.05) is 18.2 Å². The number of carbonyl (C=O) groups is 1. The molecule has 0 aliphatic heterocycles. The number of hydrogen-bond donors (Lipinski definition) is 2. The van der Waals surface area contributed by atoms with Crippen molar-refractivity contribution in [2.45, 2.75) is 17.6 Å². The predicted molar refractivity (Wildman–Crippen MR) is 80.7 cm³/mol. The average Bonchev–Trinajstić information content (AvgIpc) is 2.42. The number of carbonyl (C=O) groups excluding carboxylic acids is 1. The quantitative estimate of drug-likeness (QED) is 0.843. The van der Waals surface area contributed by atoms with E-state index in [1.807, 2.05) is 13.0 Å². The molecule has 1 amide bonds. The molecule has 1 unspecified atom stereocenters. The number of hydrogen-bond acceptors (Lipinski definition) is 3. The lowest BCUT2D eigenvalue weighted by atomic mass is 10.1. The summed E-state index contributed by atoms with van der Waals surface area (Å²) in [6, 6.07) is 12.2. The normalized spacial score (nSPS) is 12.1. The van der Waals surface area contributed by atoms with Gasteiger partial charge in [-0.15, -0.1) is 0 Å². The maximum atomic E-state index is 12.4. The summed E-state index contributed by atoms with van der Waals surface area (Å²) < 4.78 is 12.4. The first-order valence-electron chi connectivity index (χ1n) is 6.10. The summed E-state index contributed by atoms with van der Waals surface area (Å²) in [6.07, 6.45) is 0. The second-order valence-electron chi connectivity index (χ2n) is 4.58. The second-order valence-corrected chi connectivity index (χ2v) is 6.00. The van der Waals surface area contributed by atoms with E-state index in [-0.39, 0.29) is 0 Å². The second kappa shape index (κ2) is 5.88. The van der Waals surface area contributed by atoms with Gasteiger partial charge in [-0.2, -0.15) is 0 Å². The van der Waals surface area contributed by atoms with Crippen molar-refractivity contribution in [1.82, 2.24) is 0 Å². The van der Waals surface area contributed by atoms with Crippen molar-refractivity contribution in [3.8, 4) is 0 Å². The summed E-state index contributed by atoms with van der Waals surface area (Å²) in [5.41, 5.74) is 13.8. The highest BCUT2D eigenvalue weighted by atomic mass is 32.2. The molecule has 5 heteroatoms. The van der Waals surface area contributed by atoms with Gasteiger partial charge in [0.25, 0.3) is 0 Å². The molecule has 2 aromatic carbocycles. The molecule has 0 aliphatic carbocycles. The molecule has 4 nitrogen and oxygen atoms in total. The third-order valence-corrected chi connectivity index (χ3v) is 4.52. The first-order chi connectivity index (χ1) is 9.47. The summed E-state index contributed by atoms with van der Waals surface area (Å²) >= 11 is 0. The zero-order valence-electron chi connectivity index (χ0n) is 11.1. The van der Waals surface area contributed by atoms with Crippen LogP contribution in [0.4, 0.5) is 5.69 Å². The molecule has 0 radical (unpaired) electrons. The van der Waals surface area contributed by atoms with E-state index >= 15 is 0 Å². The van der Waals surface area contributed by atoms with Gasteiger partial charge in [0.15, 0.2) is 0 Å². The Hall–Kier alpha value is -2.14. The Labute approximate surface area is 120 Å². The Kier molecular flexibility index (Phi) is 4.20. The first kappa shape index (κ1) is 14.3. The minimum Gasteiger partial charge on any atom is -0.399 e.